The van der Waals surface area contributed by atoms with Gasteiger partial charge in [-0.05, 0) is 13.0 Å². The molecule has 0 saturated carbocycles. The number of hydrogen-bond donors (Lipinski definition) is 3. The molecular formula is C13H18F2N2O2. The minimum atomic E-state index is -0.982. The van der Waals surface area contributed by atoms with Crippen molar-refractivity contribution in [3.8, 4) is 0 Å². The third kappa shape index (κ3) is 5.76. The van der Waals surface area contributed by atoms with E-state index in [9.17, 15) is 13.6 Å². The Morgan fingerprint density at radius 2 is 2.11 bits per heavy atom. The minimum Gasteiger partial charge on any atom is -0.392 e. The highest BCUT2D eigenvalue weighted by atomic mass is 19.2. The predicted octanol–water partition coefficient (Wildman–Crippen LogP) is 0.594. The lowest BCUT2D eigenvalue weighted by Gasteiger charge is -2.08. The van der Waals surface area contributed by atoms with Crippen LogP contribution in [0.5, 0.6) is 0 Å². The van der Waals surface area contributed by atoms with E-state index in [-0.39, 0.29) is 17.9 Å². The Hall–Kier alpha value is -1.53. The van der Waals surface area contributed by atoms with Gasteiger partial charge in [-0.3, -0.25) is 4.79 Å². The first-order chi connectivity index (χ1) is 9.00. The van der Waals surface area contributed by atoms with Crippen LogP contribution in [0.1, 0.15) is 12.5 Å². The van der Waals surface area contributed by atoms with Gasteiger partial charge in [-0.25, -0.2) is 8.78 Å². The molecule has 0 bridgehead atoms. The highest BCUT2D eigenvalue weighted by molar-refractivity contribution is 5.78. The van der Waals surface area contributed by atoms with Gasteiger partial charge in [-0.2, -0.15) is 0 Å². The van der Waals surface area contributed by atoms with Crippen LogP contribution in [0.25, 0.3) is 0 Å². The van der Waals surface area contributed by atoms with Gasteiger partial charge in [0.25, 0.3) is 0 Å². The van der Waals surface area contributed by atoms with Gasteiger partial charge in [0.2, 0.25) is 5.91 Å². The Labute approximate surface area is 110 Å². The van der Waals surface area contributed by atoms with Crippen molar-refractivity contribution < 1.29 is 18.7 Å². The molecule has 0 aromatic heterocycles. The summed E-state index contributed by atoms with van der Waals surface area (Å²) in [5, 5.41) is 14.5. The van der Waals surface area contributed by atoms with E-state index >= 15 is 0 Å². The van der Waals surface area contributed by atoms with Crippen LogP contribution in [-0.4, -0.2) is 36.8 Å². The molecule has 19 heavy (non-hydrogen) atoms. The van der Waals surface area contributed by atoms with Crippen molar-refractivity contribution >= 4 is 5.91 Å². The second kappa shape index (κ2) is 7.81. The predicted molar refractivity (Wildman–Crippen MR) is 67.6 cm³/mol. The number of rotatable bonds is 7. The van der Waals surface area contributed by atoms with Gasteiger partial charge in [-0.15, -0.1) is 0 Å². The number of benzene rings is 1. The lowest BCUT2D eigenvalue weighted by molar-refractivity contribution is -0.120. The number of carbonyl (C=O) groups is 1. The van der Waals surface area contributed by atoms with Crippen LogP contribution in [0.4, 0.5) is 8.78 Å². The molecule has 0 spiro atoms. The maximum Gasteiger partial charge on any atom is 0.224 e. The Kier molecular flexibility index (Phi) is 6.38. The van der Waals surface area contributed by atoms with E-state index in [1.807, 2.05) is 0 Å². The maximum atomic E-state index is 13.3. The number of halogens is 2. The number of aliphatic hydroxyl groups is 1. The molecule has 106 valence electrons. The summed E-state index contributed by atoms with van der Waals surface area (Å²) in [5.41, 5.74) is 0.0365. The summed E-state index contributed by atoms with van der Waals surface area (Å²) in [6, 6.07) is 3.76. The van der Waals surface area contributed by atoms with Crippen molar-refractivity contribution in [2.45, 2.75) is 19.4 Å². The molecular weight excluding hydrogens is 254 g/mol. The molecule has 1 rings (SSSR count). The van der Waals surface area contributed by atoms with Crippen molar-refractivity contribution in [1.82, 2.24) is 10.6 Å². The van der Waals surface area contributed by atoms with E-state index in [1.54, 1.807) is 6.92 Å². The van der Waals surface area contributed by atoms with Crippen molar-refractivity contribution in [2.75, 3.05) is 19.6 Å². The lowest BCUT2D eigenvalue weighted by atomic mass is 10.1. The standard InChI is InChI=1S/C13H18F2N2O2/c1-9(18)8-16-5-6-17-12(19)7-10-3-2-4-11(14)13(10)15/h2-4,9,16,18H,5-8H2,1H3,(H,17,19). The highest BCUT2D eigenvalue weighted by Crippen LogP contribution is 2.11. The van der Waals surface area contributed by atoms with Crippen LogP contribution in [0, 0.1) is 11.6 Å². The zero-order chi connectivity index (χ0) is 14.3. The second-order valence-electron chi connectivity index (χ2n) is 4.29. The van der Waals surface area contributed by atoms with Crippen LogP contribution in [-0.2, 0) is 11.2 Å². The van der Waals surface area contributed by atoms with Gasteiger partial charge < -0.3 is 15.7 Å². The molecule has 0 aliphatic carbocycles. The number of hydrogen-bond acceptors (Lipinski definition) is 3. The summed E-state index contributed by atoms with van der Waals surface area (Å²) in [5.74, 6) is -2.31. The summed E-state index contributed by atoms with van der Waals surface area (Å²) in [7, 11) is 0. The summed E-state index contributed by atoms with van der Waals surface area (Å²) in [6.07, 6.45) is -0.642. The molecule has 0 aliphatic rings. The smallest absolute Gasteiger partial charge is 0.224 e. The van der Waals surface area contributed by atoms with E-state index in [0.29, 0.717) is 19.6 Å². The first kappa shape index (κ1) is 15.5. The fraction of sp³-hybridized carbons (Fsp3) is 0.462. The Bertz CT molecular complexity index is 425. The fourth-order valence-electron chi connectivity index (χ4n) is 1.52. The first-order valence-electron chi connectivity index (χ1n) is 6.09. The van der Waals surface area contributed by atoms with E-state index in [4.69, 9.17) is 5.11 Å². The van der Waals surface area contributed by atoms with Crippen molar-refractivity contribution in [2.24, 2.45) is 0 Å². The molecule has 0 aliphatic heterocycles. The third-order valence-corrected chi connectivity index (χ3v) is 2.45. The van der Waals surface area contributed by atoms with Gasteiger partial charge in [0.1, 0.15) is 0 Å². The molecule has 3 N–H and O–H groups in total. The molecule has 1 amide bonds. The minimum absolute atomic E-state index is 0.0365. The highest BCUT2D eigenvalue weighted by Gasteiger charge is 2.11. The molecule has 0 saturated heterocycles. The Balaban J connectivity index is 2.29. The van der Waals surface area contributed by atoms with Gasteiger partial charge in [0.15, 0.2) is 11.6 Å². The molecule has 1 aromatic rings. The molecule has 0 heterocycles. The quantitative estimate of drug-likeness (QED) is 0.637. The third-order valence-electron chi connectivity index (χ3n) is 2.45. The SMILES string of the molecule is CC(O)CNCCNC(=O)Cc1cccc(F)c1F. The summed E-state index contributed by atoms with van der Waals surface area (Å²) in [6.45, 7) is 2.96. The van der Waals surface area contributed by atoms with Gasteiger partial charge in [-0.1, -0.05) is 12.1 Å². The van der Waals surface area contributed by atoms with E-state index < -0.39 is 17.7 Å². The van der Waals surface area contributed by atoms with Gasteiger partial charge >= 0.3 is 0 Å². The van der Waals surface area contributed by atoms with Gasteiger partial charge in [0, 0.05) is 25.2 Å². The monoisotopic (exact) mass is 272 g/mol. The largest absolute Gasteiger partial charge is 0.392 e. The second-order valence-corrected chi connectivity index (χ2v) is 4.29. The zero-order valence-corrected chi connectivity index (χ0v) is 10.7. The van der Waals surface area contributed by atoms with Crippen LogP contribution in [0.3, 0.4) is 0 Å². The molecule has 1 atom stereocenters. The van der Waals surface area contributed by atoms with Crippen molar-refractivity contribution in [3.05, 3.63) is 35.4 Å². The summed E-state index contributed by atoms with van der Waals surface area (Å²) in [4.78, 5) is 11.5. The van der Waals surface area contributed by atoms with Crippen molar-refractivity contribution in [3.63, 3.8) is 0 Å². The van der Waals surface area contributed by atoms with E-state index in [1.165, 1.54) is 12.1 Å². The fourth-order valence-corrected chi connectivity index (χ4v) is 1.52. The van der Waals surface area contributed by atoms with Crippen LogP contribution >= 0.6 is 0 Å². The molecule has 4 nitrogen and oxygen atoms in total. The number of aliphatic hydroxyl groups excluding tert-OH is 1. The number of carbonyl (C=O) groups excluding carboxylic acids is 1. The molecule has 1 unspecified atom stereocenters. The number of nitrogens with one attached hydrogen (secondary N) is 2. The molecule has 0 radical (unpaired) electrons. The normalized spacial score (nSPS) is 12.2. The summed E-state index contributed by atoms with van der Waals surface area (Å²) < 4.78 is 26.2. The Morgan fingerprint density at radius 3 is 2.79 bits per heavy atom. The lowest BCUT2D eigenvalue weighted by Crippen LogP contribution is -2.35. The van der Waals surface area contributed by atoms with Crippen molar-refractivity contribution in [1.29, 1.82) is 0 Å². The first-order valence-corrected chi connectivity index (χ1v) is 6.09. The van der Waals surface area contributed by atoms with E-state index in [0.717, 1.165) is 6.07 Å². The molecule has 1 aromatic carbocycles. The average Bonchev–Trinajstić information content (AvgIpc) is 2.34. The maximum absolute atomic E-state index is 13.3. The average molecular weight is 272 g/mol. The van der Waals surface area contributed by atoms with Gasteiger partial charge in [0.05, 0.1) is 12.5 Å². The topological polar surface area (TPSA) is 61.4 Å². The number of amides is 1. The van der Waals surface area contributed by atoms with Crippen LogP contribution in [0.15, 0.2) is 18.2 Å². The van der Waals surface area contributed by atoms with Crippen LogP contribution in [0.2, 0.25) is 0 Å². The molecule has 0 fully saturated rings. The molecule has 6 heteroatoms. The Morgan fingerprint density at radius 1 is 1.37 bits per heavy atom. The summed E-state index contributed by atoms with van der Waals surface area (Å²) >= 11 is 0. The van der Waals surface area contributed by atoms with Crippen LogP contribution < -0.4 is 10.6 Å². The van der Waals surface area contributed by atoms with E-state index in [2.05, 4.69) is 10.6 Å². The zero-order valence-electron chi connectivity index (χ0n) is 10.7.